The normalized spacial score (nSPS) is 12.9. The molecule has 0 saturated carbocycles. The summed E-state index contributed by atoms with van der Waals surface area (Å²) < 4.78 is 7.15. The quantitative estimate of drug-likeness (QED) is 0.168. The Morgan fingerprint density at radius 2 is 0.780 bits per heavy atom. The standard InChI is InChI=1S/C57H37NO/c1-3-16-38(17-4-1)39-30-34-42(35-31-39)58(43-36-32-41(33-37-43)45-21-8-7-20-44(45)40-18-5-2-6-19-40)52-28-15-27-51-55(52)54-48-24-11-14-29-53(48)59-56(54)57(51)49-25-12-9-22-46(49)47-23-10-13-26-50(47)57/h1-37H. The van der Waals surface area contributed by atoms with Gasteiger partial charge >= 0.3 is 0 Å². The minimum Gasteiger partial charge on any atom is -0.459 e. The van der Waals surface area contributed by atoms with Crippen LogP contribution >= 0.6 is 0 Å². The lowest BCUT2D eigenvalue weighted by Crippen LogP contribution is -2.25. The Bertz CT molecular complexity index is 3150. The Balaban J connectivity index is 1.10. The highest BCUT2D eigenvalue weighted by Gasteiger charge is 2.55. The van der Waals surface area contributed by atoms with Crippen LogP contribution in [-0.4, -0.2) is 0 Å². The SMILES string of the molecule is c1ccc(-c2ccc(N(c3ccc(-c4ccccc4-c4ccccc4)cc3)c3cccc4c3-c3c(oc5ccccc35)C43c4ccccc4-c4ccccc43)cc2)cc1. The second kappa shape index (κ2) is 13.2. The van der Waals surface area contributed by atoms with Crippen LogP contribution in [0.1, 0.15) is 22.5 Å². The van der Waals surface area contributed by atoms with Crippen LogP contribution in [0, 0.1) is 0 Å². The largest absolute Gasteiger partial charge is 0.459 e. The molecule has 0 atom stereocenters. The topological polar surface area (TPSA) is 16.4 Å². The van der Waals surface area contributed by atoms with Crippen molar-refractivity contribution in [3.8, 4) is 55.6 Å². The van der Waals surface area contributed by atoms with Crippen molar-refractivity contribution in [2.45, 2.75) is 5.41 Å². The molecular weight excluding hydrogens is 715 g/mol. The number of anilines is 3. The fraction of sp³-hybridized carbons (Fsp3) is 0.0175. The molecule has 2 aliphatic rings. The van der Waals surface area contributed by atoms with E-state index in [1.807, 2.05) is 0 Å². The molecule has 2 heteroatoms. The van der Waals surface area contributed by atoms with Crippen LogP contribution in [0.4, 0.5) is 17.1 Å². The lowest BCUT2D eigenvalue weighted by atomic mass is 9.73. The summed E-state index contributed by atoms with van der Waals surface area (Å²) in [6.07, 6.45) is 0. The van der Waals surface area contributed by atoms with Crippen LogP contribution in [0.5, 0.6) is 0 Å². The Labute approximate surface area is 343 Å². The van der Waals surface area contributed by atoms with Crippen molar-refractivity contribution in [3.63, 3.8) is 0 Å². The second-order valence-electron chi connectivity index (χ2n) is 15.6. The van der Waals surface area contributed by atoms with E-state index >= 15 is 0 Å². The van der Waals surface area contributed by atoms with E-state index < -0.39 is 5.41 Å². The number of benzene rings is 9. The van der Waals surface area contributed by atoms with Gasteiger partial charge in [-0.2, -0.15) is 0 Å². The van der Waals surface area contributed by atoms with Crippen LogP contribution in [0.3, 0.4) is 0 Å². The number of hydrogen-bond donors (Lipinski definition) is 0. The summed E-state index contributed by atoms with van der Waals surface area (Å²) in [4.78, 5) is 2.44. The first-order valence-corrected chi connectivity index (χ1v) is 20.3. The summed E-state index contributed by atoms with van der Waals surface area (Å²) >= 11 is 0. The fourth-order valence-electron chi connectivity index (χ4n) is 10.0. The van der Waals surface area contributed by atoms with Gasteiger partial charge in [-0.05, 0) is 97.6 Å². The van der Waals surface area contributed by atoms with Gasteiger partial charge in [0.2, 0.25) is 0 Å². The zero-order valence-electron chi connectivity index (χ0n) is 32.2. The van der Waals surface area contributed by atoms with E-state index in [-0.39, 0.29) is 0 Å². The average Bonchev–Trinajstić information content (AvgIpc) is 3.94. The van der Waals surface area contributed by atoms with E-state index in [2.05, 4.69) is 229 Å². The first kappa shape index (κ1) is 33.5. The van der Waals surface area contributed by atoms with Crippen molar-refractivity contribution in [2.75, 3.05) is 4.90 Å². The van der Waals surface area contributed by atoms with Gasteiger partial charge < -0.3 is 9.32 Å². The van der Waals surface area contributed by atoms with Gasteiger partial charge in [0, 0.05) is 27.9 Å². The summed E-state index contributed by atoms with van der Waals surface area (Å²) in [5, 5.41) is 1.13. The minimum absolute atomic E-state index is 0.610. The van der Waals surface area contributed by atoms with E-state index in [1.165, 1.54) is 66.8 Å². The number of fused-ring (bicyclic) bond motifs is 12. The second-order valence-corrected chi connectivity index (χ2v) is 15.6. The van der Waals surface area contributed by atoms with E-state index in [9.17, 15) is 0 Å². The van der Waals surface area contributed by atoms with Gasteiger partial charge in [-0.3, -0.25) is 0 Å². The predicted molar refractivity (Wildman–Crippen MR) is 244 cm³/mol. The van der Waals surface area contributed by atoms with E-state index in [4.69, 9.17) is 4.42 Å². The highest BCUT2D eigenvalue weighted by molar-refractivity contribution is 6.09. The third-order valence-electron chi connectivity index (χ3n) is 12.5. The average molecular weight is 752 g/mol. The molecule has 1 spiro atoms. The Hall–Kier alpha value is -7.68. The molecule has 0 radical (unpaired) electrons. The molecule has 1 heterocycles. The Morgan fingerprint density at radius 3 is 1.41 bits per heavy atom. The van der Waals surface area contributed by atoms with Crippen molar-refractivity contribution < 1.29 is 4.42 Å². The van der Waals surface area contributed by atoms with Gasteiger partial charge in [-0.25, -0.2) is 0 Å². The molecule has 0 N–H and O–H groups in total. The van der Waals surface area contributed by atoms with E-state index in [0.717, 1.165) is 39.4 Å². The molecule has 0 unspecified atom stereocenters. The molecule has 1 aromatic heterocycles. The van der Waals surface area contributed by atoms with Crippen LogP contribution in [-0.2, 0) is 5.41 Å². The molecule has 0 aliphatic heterocycles. The Kier molecular flexibility index (Phi) is 7.48. The molecule has 59 heavy (non-hydrogen) atoms. The van der Waals surface area contributed by atoms with Crippen LogP contribution in [0.25, 0.3) is 66.6 Å². The van der Waals surface area contributed by atoms with Crippen molar-refractivity contribution in [1.82, 2.24) is 0 Å². The van der Waals surface area contributed by atoms with Crippen molar-refractivity contribution in [2.24, 2.45) is 0 Å². The van der Waals surface area contributed by atoms with E-state index in [0.29, 0.717) is 0 Å². The zero-order chi connectivity index (χ0) is 38.9. The molecule has 12 rings (SSSR count). The summed E-state index contributed by atoms with van der Waals surface area (Å²) in [6, 6.07) is 81.3. The molecule has 0 amide bonds. The minimum atomic E-state index is -0.610. The highest BCUT2D eigenvalue weighted by atomic mass is 16.3. The summed E-state index contributed by atoms with van der Waals surface area (Å²) in [5.41, 5.74) is 19.4. The maximum Gasteiger partial charge on any atom is 0.135 e. The zero-order valence-corrected chi connectivity index (χ0v) is 32.2. The lowest BCUT2D eigenvalue weighted by Gasteiger charge is -2.31. The van der Waals surface area contributed by atoms with Crippen molar-refractivity contribution in [1.29, 1.82) is 0 Å². The first-order valence-electron chi connectivity index (χ1n) is 20.3. The number of rotatable bonds is 6. The number of nitrogens with zero attached hydrogens (tertiary/aromatic N) is 1. The highest BCUT2D eigenvalue weighted by Crippen LogP contribution is 2.66. The monoisotopic (exact) mass is 751 g/mol. The van der Waals surface area contributed by atoms with Gasteiger partial charge in [0.15, 0.2) is 0 Å². The molecule has 2 aliphatic carbocycles. The van der Waals surface area contributed by atoms with Gasteiger partial charge in [0.25, 0.3) is 0 Å². The van der Waals surface area contributed by atoms with Crippen LogP contribution < -0.4 is 4.90 Å². The molecule has 9 aromatic carbocycles. The maximum absolute atomic E-state index is 7.15. The third-order valence-corrected chi connectivity index (χ3v) is 12.5. The van der Waals surface area contributed by atoms with E-state index in [1.54, 1.807) is 0 Å². The van der Waals surface area contributed by atoms with Crippen LogP contribution in [0.2, 0.25) is 0 Å². The molecular formula is C57H37NO. The maximum atomic E-state index is 7.15. The molecule has 0 bridgehead atoms. The molecule has 0 fully saturated rings. The third kappa shape index (κ3) is 4.93. The fourth-order valence-corrected chi connectivity index (χ4v) is 10.0. The van der Waals surface area contributed by atoms with Crippen molar-refractivity contribution in [3.05, 3.63) is 247 Å². The first-order chi connectivity index (χ1) is 29.3. The summed E-state index contributed by atoms with van der Waals surface area (Å²) in [5.74, 6) is 0.991. The van der Waals surface area contributed by atoms with Crippen LogP contribution in [0.15, 0.2) is 229 Å². The molecule has 10 aromatic rings. The molecule has 2 nitrogen and oxygen atoms in total. The molecule has 276 valence electrons. The smallest absolute Gasteiger partial charge is 0.135 e. The van der Waals surface area contributed by atoms with Crippen molar-refractivity contribution >= 4 is 28.0 Å². The summed E-state index contributed by atoms with van der Waals surface area (Å²) in [6.45, 7) is 0. The van der Waals surface area contributed by atoms with Gasteiger partial charge in [-0.15, -0.1) is 0 Å². The predicted octanol–water partition coefficient (Wildman–Crippen LogP) is 15.2. The number of para-hydroxylation sites is 1. The molecule has 0 saturated heterocycles. The van der Waals surface area contributed by atoms with Gasteiger partial charge in [0.1, 0.15) is 16.8 Å². The lowest BCUT2D eigenvalue weighted by molar-refractivity contribution is 0.507. The van der Waals surface area contributed by atoms with Gasteiger partial charge in [0.05, 0.1) is 5.69 Å². The number of hydrogen-bond acceptors (Lipinski definition) is 2. The Morgan fingerprint density at radius 1 is 0.322 bits per heavy atom. The number of furan rings is 1. The van der Waals surface area contributed by atoms with Gasteiger partial charge in [-0.1, -0.05) is 188 Å². The summed E-state index contributed by atoms with van der Waals surface area (Å²) in [7, 11) is 0.